The number of rotatable bonds is 15. The van der Waals surface area contributed by atoms with E-state index < -0.39 is 83.9 Å². The van der Waals surface area contributed by atoms with Crippen LogP contribution >= 0.6 is 11.3 Å². The largest absolute Gasteiger partial charge is 0.456 e. The van der Waals surface area contributed by atoms with Gasteiger partial charge in [0.1, 0.15) is 23.2 Å². The predicted octanol–water partition coefficient (Wildman–Crippen LogP) is 4.94. The standard InChI is InChI=1S/C43H53N5O12S/c1-24(2)32(45-40(55)57-7)36(51)47-19-9-17-42(47,5)38(53)59-21-30(49)27-13-11-26(12-14-27)28-15-16-29(35-34(28)44-23-61-35)31(50)22-60-39(54)43(6)18-10-20-48(43)37(52)33(25(3)4)46-41(56)58-8/h11-16,23-25,32-33H,9-10,17-22H2,1-8H3,(H,45,55)(H,46,56). The molecule has 2 aromatic carbocycles. The van der Waals surface area contributed by atoms with E-state index in [1.165, 1.54) is 35.4 Å². The molecule has 2 N–H and O–H groups in total. The van der Waals surface area contributed by atoms with E-state index in [0.717, 1.165) is 0 Å². The molecule has 0 radical (unpaired) electrons. The number of nitrogens with zero attached hydrogens (tertiary/aromatic N) is 3. The SMILES string of the molecule is COC(=O)NC(C(=O)N1CCCC1(C)C(=O)OCC(=O)c1ccc(-c2ccc(C(=O)COC(=O)C3(C)CCCN3C(=O)C(NC(=O)OC)C(C)C)c3scnc23)cc1)C(C)C. The van der Waals surface area contributed by atoms with Gasteiger partial charge in [0.25, 0.3) is 0 Å². The van der Waals surface area contributed by atoms with E-state index in [-0.39, 0.29) is 30.5 Å². The molecule has 17 nitrogen and oxygen atoms in total. The van der Waals surface area contributed by atoms with Crippen LogP contribution in [0, 0.1) is 11.8 Å². The van der Waals surface area contributed by atoms with Gasteiger partial charge < -0.3 is 39.4 Å². The zero-order valence-electron chi connectivity index (χ0n) is 35.7. The number of likely N-dealkylation sites (tertiary alicyclic amines) is 2. The number of methoxy groups -OCH3 is 2. The van der Waals surface area contributed by atoms with Gasteiger partial charge in [-0.25, -0.2) is 24.2 Å². The number of carbonyl (C=O) groups is 8. The first kappa shape index (κ1) is 46.2. The number of aromatic nitrogens is 1. The van der Waals surface area contributed by atoms with Crippen molar-refractivity contribution in [2.75, 3.05) is 40.5 Å². The molecule has 2 aliphatic rings. The summed E-state index contributed by atoms with van der Waals surface area (Å²) >= 11 is 1.24. The molecule has 4 amide bonds. The minimum atomic E-state index is -1.35. The molecule has 4 unspecified atom stereocenters. The van der Waals surface area contributed by atoms with Crippen LogP contribution in [-0.4, -0.2) is 126 Å². The van der Waals surface area contributed by atoms with Crippen molar-refractivity contribution < 1.29 is 57.3 Å². The molecule has 1 aromatic heterocycles. The van der Waals surface area contributed by atoms with Gasteiger partial charge >= 0.3 is 24.1 Å². The fourth-order valence-corrected chi connectivity index (χ4v) is 8.61. The highest BCUT2D eigenvalue weighted by Crippen LogP contribution is 2.35. The van der Waals surface area contributed by atoms with Crippen molar-refractivity contribution in [3.63, 3.8) is 0 Å². The van der Waals surface area contributed by atoms with Crippen molar-refractivity contribution in [2.45, 2.75) is 90.4 Å². The van der Waals surface area contributed by atoms with E-state index in [1.807, 2.05) is 0 Å². The van der Waals surface area contributed by atoms with Crippen LogP contribution in [0.5, 0.6) is 0 Å². The minimum Gasteiger partial charge on any atom is -0.456 e. The van der Waals surface area contributed by atoms with Crippen LogP contribution in [0.15, 0.2) is 41.9 Å². The molecule has 2 fully saturated rings. The van der Waals surface area contributed by atoms with Gasteiger partial charge in [-0.2, -0.15) is 0 Å². The first-order valence-electron chi connectivity index (χ1n) is 20.1. The zero-order chi connectivity index (χ0) is 44.8. The molecule has 0 bridgehead atoms. The monoisotopic (exact) mass is 863 g/mol. The van der Waals surface area contributed by atoms with Gasteiger partial charge in [0.05, 0.1) is 29.9 Å². The normalized spacial score (nSPS) is 19.6. The third-order valence-electron chi connectivity index (χ3n) is 11.4. The van der Waals surface area contributed by atoms with Gasteiger partial charge in [-0.1, -0.05) is 58.0 Å². The summed E-state index contributed by atoms with van der Waals surface area (Å²) in [5, 5.41) is 5.09. The first-order valence-corrected chi connectivity index (χ1v) is 20.9. The summed E-state index contributed by atoms with van der Waals surface area (Å²) in [5.41, 5.74) is 1.40. The van der Waals surface area contributed by atoms with Crippen molar-refractivity contribution in [3.8, 4) is 11.1 Å². The zero-order valence-corrected chi connectivity index (χ0v) is 36.5. The fourth-order valence-electron chi connectivity index (χ4n) is 7.77. The molecule has 0 saturated carbocycles. The number of Topliss-reactive ketones (excluding diaryl/α,β-unsaturated/α-hetero) is 2. The summed E-state index contributed by atoms with van der Waals surface area (Å²) in [6.07, 6.45) is 0.167. The smallest absolute Gasteiger partial charge is 0.407 e. The second-order valence-electron chi connectivity index (χ2n) is 16.2. The number of carbonyl (C=O) groups excluding carboxylic acids is 8. The van der Waals surface area contributed by atoms with Crippen molar-refractivity contribution in [3.05, 3.63) is 53.0 Å². The fraction of sp³-hybridized carbons (Fsp3) is 0.512. The Morgan fingerprint density at radius 3 is 1.64 bits per heavy atom. The van der Waals surface area contributed by atoms with Crippen LogP contribution < -0.4 is 10.6 Å². The predicted molar refractivity (Wildman–Crippen MR) is 223 cm³/mol. The van der Waals surface area contributed by atoms with Gasteiger partial charge in [0, 0.05) is 29.8 Å². The Bertz CT molecular complexity index is 2190. The maximum atomic E-state index is 13.6. The molecule has 5 rings (SSSR count). The molecule has 3 heterocycles. The van der Waals surface area contributed by atoms with Crippen molar-refractivity contribution in [1.82, 2.24) is 25.4 Å². The number of hydrogen-bond acceptors (Lipinski definition) is 14. The van der Waals surface area contributed by atoms with Crippen molar-refractivity contribution in [1.29, 1.82) is 0 Å². The van der Waals surface area contributed by atoms with Crippen LogP contribution in [-0.2, 0) is 38.1 Å². The van der Waals surface area contributed by atoms with Crippen LogP contribution in [0.2, 0.25) is 0 Å². The minimum absolute atomic E-state index is 0.274. The highest BCUT2D eigenvalue weighted by atomic mass is 32.1. The number of ether oxygens (including phenoxy) is 4. The number of esters is 2. The molecule has 3 aromatic rings. The Balaban J connectivity index is 1.22. The Labute approximate surface area is 357 Å². The van der Waals surface area contributed by atoms with Crippen LogP contribution in [0.4, 0.5) is 9.59 Å². The van der Waals surface area contributed by atoms with E-state index in [1.54, 1.807) is 83.5 Å². The molecule has 328 valence electrons. The van der Waals surface area contributed by atoms with E-state index in [4.69, 9.17) is 9.47 Å². The van der Waals surface area contributed by atoms with Gasteiger partial charge in [-0.15, -0.1) is 11.3 Å². The summed E-state index contributed by atoms with van der Waals surface area (Å²) in [4.78, 5) is 112. The van der Waals surface area contributed by atoms with Crippen molar-refractivity contribution >= 4 is 69.1 Å². The highest BCUT2D eigenvalue weighted by molar-refractivity contribution is 7.17. The van der Waals surface area contributed by atoms with Crippen LogP contribution in [0.1, 0.15) is 87.9 Å². The van der Waals surface area contributed by atoms with Gasteiger partial charge in [0.15, 0.2) is 19.0 Å². The summed E-state index contributed by atoms with van der Waals surface area (Å²) in [6.45, 7) is 9.67. The first-order chi connectivity index (χ1) is 28.9. The van der Waals surface area contributed by atoms with E-state index in [2.05, 4.69) is 25.1 Å². The Morgan fingerprint density at radius 2 is 1.18 bits per heavy atom. The average Bonchev–Trinajstić information content (AvgIpc) is 4.01. The number of alkyl carbamates (subject to hydrolysis) is 2. The van der Waals surface area contributed by atoms with E-state index in [9.17, 15) is 38.4 Å². The molecule has 4 atom stereocenters. The number of hydrogen-bond donors (Lipinski definition) is 2. The topological polar surface area (TPSA) is 217 Å². The molecular formula is C43H53N5O12S. The number of benzene rings is 2. The van der Waals surface area contributed by atoms with E-state index in [0.29, 0.717) is 52.6 Å². The second-order valence-corrected chi connectivity index (χ2v) is 17.1. The number of fused-ring (bicyclic) bond motifs is 1. The summed E-state index contributed by atoms with van der Waals surface area (Å²) in [6, 6.07) is 8.09. The van der Waals surface area contributed by atoms with Gasteiger partial charge in [-0.05, 0) is 63.0 Å². The maximum Gasteiger partial charge on any atom is 0.407 e. The third kappa shape index (κ3) is 9.69. The van der Waals surface area contributed by atoms with E-state index >= 15 is 0 Å². The summed E-state index contributed by atoms with van der Waals surface area (Å²) in [7, 11) is 2.39. The summed E-state index contributed by atoms with van der Waals surface area (Å²) in [5.74, 6) is -3.86. The molecule has 2 aliphatic heterocycles. The number of ketones is 2. The average molecular weight is 864 g/mol. The lowest BCUT2D eigenvalue weighted by Gasteiger charge is -2.36. The number of thiazole rings is 1. The lowest BCUT2D eigenvalue weighted by Crippen LogP contribution is -2.58. The molecule has 0 spiro atoms. The Hall–Kier alpha value is -5.91. The lowest BCUT2D eigenvalue weighted by atomic mass is 9.96. The number of nitrogens with one attached hydrogen (secondary N) is 2. The summed E-state index contributed by atoms with van der Waals surface area (Å²) < 4.78 is 21.0. The van der Waals surface area contributed by atoms with Crippen molar-refractivity contribution in [2.24, 2.45) is 11.8 Å². The molecule has 18 heteroatoms. The number of amides is 4. The van der Waals surface area contributed by atoms with Gasteiger partial charge in [0.2, 0.25) is 17.6 Å². The Morgan fingerprint density at radius 1 is 0.705 bits per heavy atom. The molecule has 61 heavy (non-hydrogen) atoms. The van der Waals surface area contributed by atoms with Crippen LogP contribution in [0.3, 0.4) is 0 Å². The molecular weight excluding hydrogens is 811 g/mol. The van der Waals surface area contributed by atoms with Crippen LogP contribution in [0.25, 0.3) is 21.3 Å². The Kier molecular flexibility index (Phi) is 14.5. The highest BCUT2D eigenvalue weighted by Gasteiger charge is 2.50. The van der Waals surface area contributed by atoms with Gasteiger partial charge in [-0.3, -0.25) is 19.2 Å². The maximum absolute atomic E-state index is 13.6. The second kappa shape index (κ2) is 19.2. The molecule has 0 aliphatic carbocycles. The molecule has 2 saturated heterocycles. The quantitative estimate of drug-likeness (QED) is 0.118. The third-order valence-corrected chi connectivity index (χ3v) is 12.3. The lowest BCUT2D eigenvalue weighted by molar-refractivity contribution is -0.160.